The number of rotatable bonds is 4. The summed E-state index contributed by atoms with van der Waals surface area (Å²) in [6, 6.07) is 2.06. The number of alkyl halides is 6. The molecule has 24 heavy (non-hydrogen) atoms. The maximum absolute atomic E-state index is 13.2. The van der Waals surface area contributed by atoms with Gasteiger partial charge in [-0.05, 0) is 51.9 Å². The van der Waals surface area contributed by atoms with E-state index in [1.54, 1.807) is 6.92 Å². The number of nitrogens with zero attached hydrogens (tertiary/aromatic N) is 1. The third-order valence-corrected chi connectivity index (χ3v) is 5.02. The van der Waals surface area contributed by atoms with Gasteiger partial charge in [0, 0.05) is 5.92 Å². The summed E-state index contributed by atoms with van der Waals surface area (Å²) >= 11 is 0. The minimum Gasteiger partial charge on any atom is -0.352 e. The van der Waals surface area contributed by atoms with Crippen molar-refractivity contribution in [1.29, 1.82) is 5.26 Å². The van der Waals surface area contributed by atoms with Gasteiger partial charge in [0.25, 0.3) is 5.60 Å². The number of hydrogen-bond donors (Lipinski definition) is 0. The van der Waals surface area contributed by atoms with Gasteiger partial charge in [0.05, 0.1) is 11.7 Å². The van der Waals surface area contributed by atoms with Crippen LogP contribution in [0.1, 0.15) is 53.4 Å². The van der Waals surface area contributed by atoms with E-state index in [-0.39, 0.29) is 18.3 Å². The molecule has 0 amide bonds. The summed E-state index contributed by atoms with van der Waals surface area (Å²) in [5.74, 6) is -0.965. The molecule has 3 atom stereocenters. The molecule has 0 N–H and O–H groups in total. The second-order valence-corrected chi connectivity index (χ2v) is 7.11. The highest BCUT2D eigenvalue weighted by Crippen LogP contribution is 2.56. The molecule has 0 bridgehead atoms. The van der Waals surface area contributed by atoms with Crippen LogP contribution in [0.5, 0.6) is 0 Å². The van der Waals surface area contributed by atoms with Gasteiger partial charge >= 0.3 is 12.4 Å². The first kappa shape index (κ1) is 21.1. The van der Waals surface area contributed by atoms with Gasteiger partial charge in [0.2, 0.25) is 0 Å². The molecule has 1 saturated heterocycles. The summed E-state index contributed by atoms with van der Waals surface area (Å²) in [6.07, 6.45) is -11.5. The molecule has 0 saturated carbocycles. The van der Waals surface area contributed by atoms with E-state index in [4.69, 9.17) is 10.00 Å². The molecule has 0 aromatic heterocycles. The van der Waals surface area contributed by atoms with Crippen molar-refractivity contribution in [3.63, 3.8) is 0 Å². The van der Waals surface area contributed by atoms with Gasteiger partial charge in [0.1, 0.15) is 0 Å². The normalized spacial score (nSPS) is 26.5. The fraction of sp³-hybridized carbons (Fsp3) is 0.938. The monoisotopic (exact) mass is 359 g/mol. The summed E-state index contributed by atoms with van der Waals surface area (Å²) in [5, 5.41) is 8.93. The van der Waals surface area contributed by atoms with Crippen molar-refractivity contribution in [3.05, 3.63) is 0 Å². The Kier molecular flexibility index (Phi) is 5.92. The highest BCUT2D eigenvalue weighted by Gasteiger charge is 2.75. The van der Waals surface area contributed by atoms with Gasteiger partial charge < -0.3 is 4.74 Å². The summed E-state index contributed by atoms with van der Waals surface area (Å²) < 4.78 is 84.1. The molecule has 0 aromatic carbocycles. The molecular formula is C16H23F6NO. The Morgan fingerprint density at radius 1 is 1.17 bits per heavy atom. The Morgan fingerprint density at radius 2 is 1.67 bits per heavy atom. The highest BCUT2D eigenvalue weighted by molar-refractivity contribution is 5.04. The molecule has 2 nitrogen and oxygen atoms in total. The first-order valence-corrected chi connectivity index (χ1v) is 7.95. The topological polar surface area (TPSA) is 33.0 Å². The van der Waals surface area contributed by atoms with Crippen LogP contribution in [0, 0.1) is 29.1 Å². The Hall–Kier alpha value is -0.970. The lowest BCUT2D eigenvalue weighted by molar-refractivity contribution is -0.419. The van der Waals surface area contributed by atoms with Crippen LogP contribution in [0.15, 0.2) is 0 Å². The standard InChI is InChI=1S/C16H23F6NO/c1-5-11(8-10(2)9-23)12-6-7-14(15(17,18)19,16(20,21)22)24-13(12,3)4/h10-12H,5-8H2,1-4H3. The van der Waals surface area contributed by atoms with Crippen molar-refractivity contribution in [2.75, 3.05) is 0 Å². The molecule has 1 fully saturated rings. The van der Waals surface area contributed by atoms with Crippen LogP contribution in [0.3, 0.4) is 0 Å². The molecule has 8 heteroatoms. The van der Waals surface area contributed by atoms with Gasteiger partial charge in [-0.25, -0.2) is 0 Å². The van der Waals surface area contributed by atoms with Crippen molar-refractivity contribution in [2.45, 2.75) is 76.9 Å². The zero-order valence-corrected chi connectivity index (χ0v) is 14.2. The molecule has 0 aliphatic carbocycles. The maximum atomic E-state index is 13.2. The smallest absolute Gasteiger partial charge is 0.352 e. The summed E-state index contributed by atoms with van der Waals surface area (Å²) in [6.45, 7) is 6.07. The average Bonchev–Trinajstić information content (AvgIpc) is 2.41. The van der Waals surface area contributed by atoms with Gasteiger partial charge in [-0.1, -0.05) is 13.3 Å². The van der Waals surface area contributed by atoms with Crippen LogP contribution in [0.4, 0.5) is 26.3 Å². The van der Waals surface area contributed by atoms with E-state index in [1.165, 1.54) is 13.8 Å². The molecule has 1 heterocycles. The van der Waals surface area contributed by atoms with Gasteiger partial charge in [-0.2, -0.15) is 31.6 Å². The van der Waals surface area contributed by atoms with E-state index in [2.05, 4.69) is 6.07 Å². The third kappa shape index (κ3) is 3.81. The van der Waals surface area contributed by atoms with Crippen LogP contribution in [-0.4, -0.2) is 23.6 Å². The number of nitriles is 1. The van der Waals surface area contributed by atoms with Crippen molar-refractivity contribution in [2.24, 2.45) is 17.8 Å². The fourth-order valence-corrected chi connectivity index (χ4v) is 3.77. The van der Waals surface area contributed by atoms with E-state index in [0.29, 0.717) is 12.8 Å². The van der Waals surface area contributed by atoms with Crippen molar-refractivity contribution in [3.8, 4) is 6.07 Å². The summed E-state index contributed by atoms with van der Waals surface area (Å²) in [5.41, 5.74) is -5.72. The molecule has 140 valence electrons. The maximum Gasteiger partial charge on any atom is 0.426 e. The minimum absolute atomic E-state index is 0.172. The number of halogens is 6. The first-order valence-electron chi connectivity index (χ1n) is 7.95. The van der Waals surface area contributed by atoms with Crippen molar-refractivity contribution >= 4 is 0 Å². The van der Waals surface area contributed by atoms with Crippen LogP contribution in [0.2, 0.25) is 0 Å². The lowest BCUT2D eigenvalue weighted by atomic mass is 9.69. The van der Waals surface area contributed by atoms with Gasteiger partial charge in [-0.3, -0.25) is 0 Å². The van der Waals surface area contributed by atoms with Crippen molar-refractivity contribution < 1.29 is 31.1 Å². The Balaban J connectivity index is 3.16. The minimum atomic E-state index is -5.53. The third-order valence-electron chi connectivity index (χ3n) is 5.02. The molecular weight excluding hydrogens is 336 g/mol. The van der Waals surface area contributed by atoms with Crippen LogP contribution >= 0.6 is 0 Å². The quantitative estimate of drug-likeness (QED) is 0.609. The number of ether oxygens (including phenoxy) is 1. The molecule has 0 aromatic rings. The Bertz CT molecular complexity index is 462. The van der Waals surface area contributed by atoms with Crippen LogP contribution in [-0.2, 0) is 4.74 Å². The summed E-state index contributed by atoms with van der Waals surface area (Å²) in [4.78, 5) is 0. The second-order valence-electron chi connectivity index (χ2n) is 7.11. The zero-order chi connectivity index (χ0) is 19.0. The Morgan fingerprint density at radius 3 is 2.00 bits per heavy atom. The zero-order valence-electron chi connectivity index (χ0n) is 14.2. The molecule has 1 rings (SSSR count). The SMILES string of the molecule is CCC(CC(C)C#N)C1CCC(C(F)(F)F)(C(F)(F)F)OC1(C)C. The molecule has 3 unspecified atom stereocenters. The van der Waals surface area contributed by atoms with E-state index < -0.39 is 35.9 Å². The van der Waals surface area contributed by atoms with Crippen molar-refractivity contribution in [1.82, 2.24) is 0 Å². The fourth-order valence-electron chi connectivity index (χ4n) is 3.77. The largest absolute Gasteiger partial charge is 0.426 e. The van der Waals surface area contributed by atoms with E-state index in [0.717, 1.165) is 0 Å². The number of hydrogen-bond acceptors (Lipinski definition) is 2. The predicted octanol–water partition coefficient (Wildman–Crippen LogP) is 5.63. The highest BCUT2D eigenvalue weighted by atomic mass is 19.4. The lowest BCUT2D eigenvalue weighted by Crippen LogP contribution is -2.66. The molecule has 0 spiro atoms. The van der Waals surface area contributed by atoms with E-state index in [1.807, 2.05) is 6.92 Å². The molecule has 0 radical (unpaired) electrons. The van der Waals surface area contributed by atoms with Gasteiger partial charge in [0.15, 0.2) is 0 Å². The van der Waals surface area contributed by atoms with Crippen LogP contribution in [0.25, 0.3) is 0 Å². The van der Waals surface area contributed by atoms with Crippen LogP contribution < -0.4 is 0 Å². The van der Waals surface area contributed by atoms with Gasteiger partial charge in [-0.15, -0.1) is 0 Å². The predicted molar refractivity (Wildman–Crippen MR) is 75.9 cm³/mol. The molecule has 1 aliphatic rings. The summed E-state index contributed by atoms with van der Waals surface area (Å²) in [7, 11) is 0. The van der Waals surface area contributed by atoms with E-state index >= 15 is 0 Å². The first-order chi connectivity index (χ1) is 10.7. The molecule has 1 aliphatic heterocycles. The van der Waals surface area contributed by atoms with E-state index in [9.17, 15) is 26.3 Å². The lowest BCUT2D eigenvalue weighted by Gasteiger charge is -2.52. The Labute approximate surface area is 138 Å². The average molecular weight is 359 g/mol. The second kappa shape index (κ2) is 6.74.